The van der Waals surface area contributed by atoms with Gasteiger partial charge in [-0.2, -0.15) is 0 Å². The molecule has 106 valence electrons. The second-order valence-corrected chi connectivity index (χ2v) is 6.00. The van der Waals surface area contributed by atoms with E-state index in [1.807, 2.05) is 18.3 Å². The zero-order valence-corrected chi connectivity index (χ0v) is 12.1. The van der Waals surface area contributed by atoms with Gasteiger partial charge in [-0.05, 0) is 30.4 Å². The average Bonchev–Trinajstić information content (AvgIpc) is 2.47. The van der Waals surface area contributed by atoms with E-state index in [4.69, 9.17) is 5.73 Å². The Morgan fingerprint density at radius 2 is 2.10 bits per heavy atom. The molecule has 3 N–H and O–H groups in total. The molecule has 2 unspecified atom stereocenters. The molecule has 1 aromatic carbocycles. The summed E-state index contributed by atoms with van der Waals surface area (Å²) >= 11 is 0. The number of benzene rings is 1. The highest BCUT2D eigenvalue weighted by molar-refractivity contribution is 5.97. The molecule has 0 bridgehead atoms. The van der Waals surface area contributed by atoms with Crippen molar-refractivity contribution in [2.75, 3.05) is 17.6 Å². The van der Waals surface area contributed by atoms with E-state index in [1.165, 1.54) is 25.7 Å². The topological polar surface area (TPSA) is 50.9 Å². The monoisotopic (exact) mass is 269 g/mol. The molecular formula is C17H23N3. The summed E-state index contributed by atoms with van der Waals surface area (Å²) in [6.07, 6.45) is 7.33. The van der Waals surface area contributed by atoms with Crippen LogP contribution in [0.5, 0.6) is 0 Å². The number of hydrogen-bond donors (Lipinski definition) is 2. The molecule has 0 amide bonds. The number of nitrogens with two attached hydrogens (primary N) is 1. The van der Waals surface area contributed by atoms with E-state index in [0.717, 1.165) is 40.7 Å². The second kappa shape index (κ2) is 5.70. The first-order valence-corrected chi connectivity index (χ1v) is 7.63. The Labute approximate surface area is 120 Å². The van der Waals surface area contributed by atoms with Crippen LogP contribution in [0.3, 0.4) is 0 Å². The Morgan fingerprint density at radius 1 is 1.25 bits per heavy atom. The van der Waals surface area contributed by atoms with Crippen molar-refractivity contribution in [1.82, 2.24) is 4.98 Å². The smallest absolute Gasteiger partial charge is 0.0951 e. The predicted octanol–water partition coefficient (Wildman–Crippen LogP) is 4.06. The number of para-hydroxylation sites is 1. The van der Waals surface area contributed by atoms with Crippen LogP contribution >= 0.6 is 0 Å². The molecule has 1 saturated carbocycles. The van der Waals surface area contributed by atoms with Gasteiger partial charge in [-0.15, -0.1) is 0 Å². The van der Waals surface area contributed by atoms with Crippen LogP contribution in [0.15, 0.2) is 30.5 Å². The Morgan fingerprint density at radius 3 is 2.95 bits per heavy atom. The van der Waals surface area contributed by atoms with Crippen LogP contribution in [0.2, 0.25) is 0 Å². The average molecular weight is 269 g/mol. The highest BCUT2D eigenvalue weighted by Gasteiger charge is 2.21. The van der Waals surface area contributed by atoms with Crippen molar-refractivity contribution in [2.24, 2.45) is 11.8 Å². The van der Waals surface area contributed by atoms with E-state index in [0.29, 0.717) is 0 Å². The highest BCUT2D eigenvalue weighted by atomic mass is 14.9. The van der Waals surface area contributed by atoms with Crippen molar-refractivity contribution in [3.63, 3.8) is 0 Å². The SMILES string of the molecule is CC1CCCCC1CNc1ccnc2c(N)cccc12. The van der Waals surface area contributed by atoms with E-state index in [2.05, 4.69) is 29.4 Å². The Bertz CT molecular complexity index is 594. The van der Waals surface area contributed by atoms with Crippen molar-refractivity contribution in [3.8, 4) is 0 Å². The first-order valence-electron chi connectivity index (χ1n) is 7.63. The van der Waals surface area contributed by atoms with Gasteiger partial charge >= 0.3 is 0 Å². The van der Waals surface area contributed by atoms with E-state index in [-0.39, 0.29) is 0 Å². The molecule has 1 heterocycles. The number of hydrogen-bond acceptors (Lipinski definition) is 3. The van der Waals surface area contributed by atoms with Crippen LogP contribution in [-0.4, -0.2) is 11.5 Å². The lowest BCUT2D eigenvalue weighted by molar-refractivity contribution is 0.269. The van der Waals surface area contributed by atoms with Gasteiger partial charge in [0.2, 0.25) is 0 Å². The Balaban J connectivity index is 1.79. The minimum atomic E-state index is 0.747. The largest absolute Gasteiger partial charge is 0.397 e. The summed E-state index contributed by atoms with van der Waals surface area (Å²) in [7, 11) is 0. The number of rotatable bonds is 3. The Hall–Kier alpha value is -1.77. The minimum absolute atomic E-state index is 0.747. The predicted molar refractivity (Wildman–Crippen MR) is 85.8 cm³/mol. The van der Waals surface area contributed by atoms with Gasteiger partial charge in [0.1, 0.15) is 0 Å². The van der Waals surface area contributed by atoms with E-state index in [9.17, 15) is 0 Å². The normalized spacial score (nSPS) is 22.9. The number of nitrogen functional groups attached to an aromatic ring is 1. The van der Waals surface area contributed by atoms with Gasteiger partial charge in [-0.25, -0.2) is 0 Å². The lowest BCUT2D eigenvalue weighted by Gasteiger charge is -2.29. The zero-order chi connectivity index (χ0) is 13.9. The molecule has 0 spiro atoms. The Kier molecular flexibility index (Phi) is 3.77. The zero-order valence-electron chi connectivity index (χ0n) is 12.1. The number of nitrogens with one attached hydrogen (secondary N) is 1. The molecule has 1 aliphatic carbocycles. The highest BCUT2D eigenvalue weighted by Crippen LogP contribution is 2.31. The fourth-order valence-electron chi connectivity index (χ4n) is 3.29. The molecule has 1 fully saturated rings. The van der Waals surface area contributed by atoms with Crippen LogP contribution in [0.4, 0.5) is 11.4 Å². The summed E-state index contributed by atoms with van der Waals surface area (Å²) in [4.78, 5) is 4.39. The van der Waals surface area contributed by atoms with Crippen LogP contribution in [0.25, 0.3) is 10.9 Å². The quantitative estimate of drug-likeness (QED) is 0.826. The third-order valence-corrected chi connectivity index (χ3v) is 4.65. The van der Waals surface area contributed by atoms with Gasteiger partial charge in [0.05, 0.1) is 11.2 Å². The molecule has 0 aliphatic heterocycles. The van der Waals surface area contributed by atoms with Crippen molar-refractivity contribution in [3.05, 3.63) is 30.5 Å². The molecule has 1 aliphatic rings. The minimum Gasteiger partial charge on any atom is -0.397 e. The van der Waals surface area contributed by atoms with Gasteiger partial charge in [0.15, 0.2) is 0 Å². The number of anilines is 2. The molecule has 20 heavy (non-hydrogen) atoms. The molecule has 1 aromatic heterocycles. The molecule has 3 nitrogen and oxygen atoms in total. The third kappa shape index (κ3) is 2.58. The maximum atomic E-state index is 6.00. The van der Waals surface area contributed by atoms with Crippen molar-refractivity contribution in [2.45, 2.75) is 32.6 Å². The fraction of sp³-hybridized carbons (Fsp3) is 0.471. The first-order chi connectivity index (χ1) is 9.75. The molecule has 3 heteroatoms. The van der Waals surface area contributed by atoms with Crippen molar-refractivity contribution < 1.29 is 0 Å². The van der Waals surface area contributed by atoms with Crippen LogP contribution in [0.1, 0.15) is 32.6 Å². The standard InChI is InChI=1S/C17H23N3/c1-12-5-2-3-6-13(12)11-20-16-9-10-19-17-14(16)7-4-8-15(17)18/h4,7-10,12-13H,2-3,5-6,11,18H2,1H3,(H,19,20). The molecule has 2 atom stereocenters. The number of nitrogens with zero attached hydrogens (tertiary/aromatic N) is 1. The van der Waals surface area contributed by atoms with Gasteiger partial charge < -0.3 is 11.1 Å². The molecule has 2 aromatic rings. The first kappa shape index (κ1) is 13.2. The summed E-state index contributed by atoms with van der Waals surface area (Å²) in [5.74, 6) is 1.61. The summed E-state index contributed by atoms with van der Waals surface area (Å²) < 4.78 is 0. The second-order valence-electron chi connectivity index (χ2n) is 6.00. The van der Waals surface area contributed by atoms with Gasteiger partial charge in [-0.1, -0.05) is 38.3 Å². The van der Waals surface area contributed by atoms with Crippen LogP contribution < -0.4 is 11.1 Å². The summed E-state index contributed by atoms with van der Waals surface area (Å²) in [5.41, 5.74) is 8.79. The van der Waals surface area contributed by atoms with E-state index < -0.39 is 0 Å². The molecule has 0 saturated heterocycles. The number of aromatic nitrogens is 1. The maximum absolute atomic E-state index is 6.00. The molecule has 0 radical (unpaired) electrons. The van der Waals surface area contributed by atoms with Gasteiger partial charge in [-0.3, -0.25) is 4.98 Å². The lowest BCUT2D eigenvalue weighted by atomic mass is 9.80. The van der Waals surface area contributed by atoms with Gasteiger partial charge in [0.25, 0.3) is 0 Å². The summed E-state index contributed by atoms with van der Waals surface area (Å²) in [5, 5.41) is 4.74. The van der Waals surface area contributed by atoms with Crippen LogP contribution in [-0.2, 0) is 0 Å². The van der Waals surface area contributed by atoms with E-state index >= 15 is 0 Å². The van der Waals surface area contributed by atoms with Crippen LogP contribution in [0, 0.1) is 11.8 Å². The summed E-state index contributed by atoms with van der Waals surface area (Å²) in [6, 6.07) is 8.04. The third-order valence-electron chi connectivity index (χ3n) is 4.65. The van der Waals surface area contributed by atoms with Crippen molar-refractivity contribution in [1.29, 1.82) is 0 Å². The fourth-order valence-corrected chi connectivity index (χ4v) is 3.29. The van der Waals surface area contributed by atoms with Gasteiger partial charge in [0, 0.05) is 23.8 Å². The van der Waals surface area contributed by atoms with Crippen molar-refractivity contribution >= 4 is 22.3 Å². The summed E-state index contributed by atoms with van der Waals surface area (Å²) in [6.45, 7) is 3.43. The maximum Gasteiger partial charge on any atom is 0.0951 e. The molecule has 3 rings (SSSR count). The lowest BCUT2D eigenvalue weighted by Crippen LogP contribution is -2.24. The van der Waals surface area contributed by atoms with E-state index in [1.54, 1.807) is 0 Å². The molecular weight excluding hydrogens is 246 g/mol. The number of pyridine rings is 1. The number of fused-ring (bicyclic) bond motifs is 1.